The molecule has 146 valence electrons. The minimum atomic E-state index is -0.522. The summed E-state index contributed by atoms with van der Waals surface area (Å²) in [7, 11) is 0. The van der Waals surface area contributed by atoms with Crippen molar-refractivity contribution >= 4 is 29.1 Å². The second-order valence-electron chi connectivity index (χ2n) is 7.54. The quantitative estimate of drug-likeness (QED) is 0.760. The highest BCUT2D eigenvalue weighted by atomic mass is 32.1. The van der Waals surface area contributed by atoms with Gasteiger partial charge in [0, 0.05) is 30.3 Å². The van der Waals surface area contributed by atoms with Crippen LogP contribution in [0.15, 0.2) is 35.7 Å². The molecule has 2 aliphatic rings. The van der Waals surface area contributed by atoms with Crippen LogP contribution in [0.4, 0.5) is 0 Å². The lowest BCUT2D eigenvalue weighted by Gasteiger charge is -2.20. The van der Waals surface area contributed by atoms with E-state index in [1.54, 1.807) is 11.3 Å². The van der Waals surface area contributed by atoms with Gasteiger partial charge >= 0.3 is 0 Å². The fourth-order valence-corrected chi connectivity index (χ4v) is 4.95. The number of rotatable bonds is 6. The number of aromatic nitrogens is 1. The van der Waals surface area contributed by atoms with Crippen LogP contribution in [0, 0.1) is 5.41 Å². The van der Waals surface area contributed by atoms with Crippen molar-refractivity contribution in [3.05, 3.63) is 40.7 Å². The van der Waals surface area contributed by atoms with Crippen molar-refractivity contribution in [1.29, 1.82) is 0 Å². The number of amides is 3. The van der Waals surface area contributed by atoms with Gasteiger partial charge in [-0.05, 0) is 12.8 Å². The molecule has 1 saturated heterocycles. The number of thiazole rings is 1. The third-order valence-corrected chi connectivity index (χ3v) is 6.54. The largest absolute Gasteiger partial charge is 0.354 e. The Hall–Kier alpha value is -2.54. The van der Waals surface area contributed by atoms with Crippen molar-refractivity contribution in [3.63, 3.8) is 0 Å². The Labute approximate surface area is 168 Å². The summed E-state index contributed by atoms with van der Waals surface area (Å²) in [5, 5.41) is 5.76. The molecule has 0 unspecified atom stereocenters. The van der Waals surface area contributed by atoms with Gasteiger partial charge < -0.3 is 5.32 Å². The summed E-state index contributed by atoms with van der Waals surface area (Å²) in [6, 6.07) is 9.96. The zero-order valence-corrected chi connectivity index (χ0v) is 16.5. The number of carbonyl (C=O) groups excluding carboxylic acids is 3. The zero-order chi connectivity index (χ0) is 19.6. The van der Waals surface area contributed by atoms with E-state index in [2.05, 4.69) is 10.3 Å². The smallest absolute Gasteiger partial charge is 0.240 e. The van der Waals surface area contributed by atoms with E-state index in [1.165, 1.54) is 0 Å². The number of hydrogen-bond donors (Lipinski definition) is 1. The van der Waals surface area contributed by atoms with E-state index in [1.807, 2.05) is 35.7 Å². The summed E-state index contributed by atoms with van der Waals surface area (Å²) in [5.41, 5.74) is 1.48. The molecule has 1 N–H and O–H groups in total. The Morgan fingerprint density at radius 2 is 1.93 bits per heavy atom. The van der Waals surface area contributed by atoms with E-state index < -0.39 is 5.41 Å². The molecule has 0 atom stereocenters. The standard InChI is InChI=1S/C21H23N3O3S/c25-17(13-24-19(26)12-21(20(24)27)9-4-5-10-21)22-11-8-18-23-16(14-28-18)15-6-2-1-3-7-15/h1-3,6-7,14H,4-5,8-13H2,(H,22,25). The first kappa shape index (κ1) is 18.8. The van der Waals surface area contributed by atoms with E-state index in [4.69, 9.17) is 0 Å². The lowest BCUT2D eigenvalue weighted by molar-refractivity contribution is -0.144. The minimum Gasteiger partial charge on any atom is -0.354 e. The number of nitrogens with zero attached hydrogens (tertiary/aromatic N) is 2. The molecule has 3 amide bonds. The number of likely N-dealkylation sites (tertiary alicyclic amines) is 1. The van der Waals surface area contributed by atoms with Gasteiger partial charge in [0.1, 0.15) is 6.54 Å². The number of hydrogen-bond acceptors (Lipinski definition) is 5. The highest BCUT2D eigenvalue weighted by Crippen LogP contribution is 2.46. The Bertz CT molecular complexity index is 887. The van der Waals surface area contributed by atoms with Crippen LogP contribution in [0.1, 0.15) is 37.1 Å². The average Bonchev–Trinajstić information content (AvgIpc) is 3.41. The van der Waals surface area contributed by atoms with Crippen LogP contribution in [0.5, 0.6) is 0 Å². The molecule has 0 bridgehead atoms. The van der Waals surface area contributed by atoms with E-state index in [-0.39, 0.29) is 30.7 Å². The lowest BCUT2D eigenvalue weighted by Crippen LogP contribution is -2.42. The highest BCUT2D eigenvalue weighted by molar-refractivity contribution is 7.09. The summed E-state index contributed by atoms with van der Waals surface area (Å²) in [6.07, 6.45) is 4.39. The second kappa shape index (κ2) is 7.83. The summed E-state index contributed by atoms with van der Waals surface area (Å²) in [6.45, 7) is 0.258. The summed E-state index contributed by atoms with van der Waals surface area (Å²) < 4.78 is 0. The van der Waals surface area contributed by atoms with Crippen molar-refractivity contribution in [2.45, 2.75) is 38.5 Å². The maximum atomic E-state index is 12.6. The van der Waals surface area contributed by atoms with Crippen molar-refractivity contribution in [1.82, 2.24) is 15.2 Å². The molecule has 2 fully saturated rings. The van der Waals surface area contributed by atoms with E-state index in [0.29, 0.717) is 13.0 Å². The number of nitrogens with one attached hydrogen (secondary N) is 1. The monoisotopic (exact) mass is 397 g/mol. The van der Waals surface area contributed by atoms with E-state index in [9.17, 15) is 14.4 Å². The Morgan fingerprint density at radius 1 is 1.18 bits per heavy atom. The third-order valence-electron chi connectivity index (χ3n) is 5.63. The summed E-state index contributed by atoms with van der Waals surface area (Å²) in [5.74, 6) is -0.663. The predicted octanol–water partition coefficient (Wildman–Crippen LogP) is 2.79. The van der Waals surface area contributed by atoms with Crippen LogP contribution in [-0.4, -0.2) is 40.7 Å². The van der Waals surface area contributed by atoms with Crippen LogP contribution in [0.25, 0.3) is 11.3 Å². The SMILES string of the molecule is O=C(CN1C(=O)CC2(CCCC2)C1=O)NCCc1nc(-c2ccccc2)cs1. The van der Waals surface area contributed by atoms with Gasteiger partial charge in [-0.15, -0.1) is 11.3 Å². The third kappa shape index (κ3) is 3.71. The van der Waals surface area contributed by atoms with Gasteiger partial charge in [-0.1, -0.05) is 43.2 Å². The molecule has 1 spiro atoms. The van der Waals surface area contributed by atoms with Crippen LogP contribution in [-0.2, 0) is 20.8 Å². The zero-order valence-electron chi connectivity index (χ0n) is 15.6. The van der Waals surface area contributed by atoms with Gasteiger partial charge in [0.15, 0.2) is 0 Å². The molecule has 6 nitrogen and oxygen atoms in total. The van der Waals surface area contributed by atoms with Crippen molar-refractivity contribution in [2.75, 3.05) is 13.1 Å². The molecule has 1 aromatic heterocycles. The van der Waals surface area contributed by atoms with Gasteiger partial charge in [-0.2, -0.15) is 0 Å². The number of carbonyl (C=O) groups is 3. The van der Waals surface area contributed by atoms with Crippen molar-refractivity contribution in [3.8, 4) is 11.3 Å². The van der Waals surface area contributed by atoms with Crippen LogP contribution in [0.2, 0.25) is 0 Å². The summed E-state index contributed by atoms with van der Waals surface area (Å²) in [4.78, 5) is 42.8. The fraction of sp³-hybridized carbons (Fsp3) is 0.429. The van der Waals surface area contributed by atoms with Crippen molar-refractivity contribution in [2.24, 2.45) is 5.41 Å². The van der Waals surface area contributed by atoms with Gasteiger partial charge in [0.05, 0.1) is 16.1 Å². The molecule has 2 aromatic rings. The minimum absolute atomic E-state index is 0.155. The Balaban J connectivity index is 1.27. The molecule has 4 rings (SSSR count). The lowest BCUT2D eigenvalue weighted by atomic mass is 9.84. The maximum absolute atomic E-state index is 12.6. The Morgan fingerprint density at radius 3 is 2.68 bits per heavy atom. The van der Waals surface area contributed by atoms with Gasteiger partial charge in [-0.3, -0.25) is 19.3 Å². The molecule has 0 radical (unpaired) electrons. The maximum Gasteiger partial charge on any atom is 0.240 e. The summed E-state index contributed by atoms with van der Waals surface area (Å²) >= 11 is 1.56. The average molecular weight is 398 g/mol. The molecule has 1 aliphatic carbocycles. The first-order valence-corrected chi connectivity index (χ1v) is 10.6. The van der Waals surface area contributed by atoms with Crippen LogP contribution >= 0.6 is 11.3 Å². The molecule has 1 aliphatic heterocycles. The Kier molecular flexibility index (Phi) is 5.26. The number of benzene rings is 1. The number of imide groups is 1. The first-order valence-electron chi connectivity index (χ1n) is 9.69. The topological polar surface area (TPSA) is 79.4 Å². The molecule has 7 heteroatoms. The van der Waals surface area contributed by atoms with E-state index in [0.717, 1.165) is 46.8 Å². The van der Waals surface area contributed by atoms with E-state index >= 15 is 0 Å². The molecule has 2 heterocycles. The first-order chi connectivity index (χ1) is 13.6. The highest BCUT2D eigenvalue weighted by Gasteiger charge is 2.52. The van der Waals surface area contributed by atoms with Crippen molar-refractivity contribution < 1.29 is 14.4 Å². The predicted molar refractivity (Wildman–Crippen MR) is 107 cm³/mol. The van der Waals surface area contributed by atoms with Crippen LogP contribution in [0.3, 0.4) is 0 Å². The van der Waals surface area contributed by atoms with Gasteiger partial charge in [0.2, 0.25) is 17.7 Å². The second-order valence-corrected chi connectivity index (χ2v) is 8.48. The molecular formula is C21H23N3O3S. The molecule has 1 saturated carbocycles. The van der Waals surface area contributed by atoms with Gasteiger partial charge in [0.25, 0.3) is 0 Å². The normalized spacial score (nSPS) is 18.2. The molecular weight excluding hydrogens is 374 g/mol. The molecule has 1 aromatic carbocycles. The van der Waals surface area contributed by atoms with Crippen LogP contribution < -0.4 is 5.32 Å². The molecule has 28 heavy (non-hydrogen) atoms. The van der Waals surface area contributed by atoms with Gasteiger partial charge in [-0.25, -0.2) is 4.98 Å². The fourth-order valence-electron chi connectivity index (χ4n) is 4.14.